The van der Waals surface area contributed by atoms with Gasteiger partial charge < -0.3 is 4.90 Å². The molecule has 0 saturated carbocycles. The molecule has 0 aliphatic heterocycles. The number of halogens is 1. The molecule has 0 spiro atoms. The van der Waals surface area contributed by atoms with E-state index in [4.69, 9.17) is 0 Å². The van der Waals surface area contributed by atoms with Crippen LogP contribution in [0.25, 0.3) is 5.65 Å². The SMILES string of the molecule is CCN(CC)CN(C)C(=O)c1nc2ccccn2c1I. The molecule has 6 heteroatoms. The summed E-state index contributed by atoms with van der Waals surface area (Å²) >= 11 is 2.17. The van der Waals surface area contributed by atoms with Gasteiger partial charge in [0.25, 0.3) is 5.91 Å². The van der Waals surface area contributed by atoms with Gasteiger partial charge in [0, 0.05) is 13.2 Å². The molecule has 0 bridgehead atoms. The summed E-state index contributed by atoms with van der Waals surface area (Å²) in [7, 11) is 1.82. The zero-order valence-corrected chi connectivity index (χ0v) is 14.2. The number of rotatable bonds is 5. The second-order valence-electron chi connectivity index (χ2n) is 4.63. The van der Waals surface area contributed by atoms with E-state index in [2.05, 4.69) is 46.3 Å². The summed E-state index contributed by atoms with van der Waals surface area (Å²) in [4.78, 5) is 20.9. The average Bonchev–Trinajstić information content (AvgIpc) is 2.81. The summed E-state index contributed by atoms with van der Waals surface area (Å²) in [6.45, 7) is 6.66. The summed E-state index contributed by atoms with van der Waals surface area (Å²) in [6.07, 6.45) is 1.92. The number of pyridine rings is 1. The zero-order chi connectivity index (χ0) is 14.7. The maximum atomic E-state index is 12.5. The standard InChI is InChI=1S/C14H19IN4O/c1-4-18(5-2)10-17(3)14(20)12-13(15)19-9-7-6-8-11(19)16-12/h6-9H,4-5,10H2,1-3H3. The number of fused-ring (bicyclic) bond motifs is 1. The van der Waals surface area contributed by atoms with E-state index in [1.165, 1.54) is 0 Å². The third kappa shape index (κ3) is 2.95. The third-order valence-electron chi connectivity index (χ3n) is 3.33. The van der Waals surface area contributed by atoms with E-state index in [1.54, 1.807) is 4.90 Å². The molecule has 0 radical (unpaired) electrons. The van der Waals surface area contributed by atoms with Gasteiger partial charge >= 0.3 is 0 Å². The lowest BCUT2D eigenvalue weighted by Crippen LogP contribution is -2.39. The van der Waals surface area contributed by atoms with Gasteiger partial charge in [-0.1, -0.05) is 19.9 Å². The molecule has 0 fully saturated rings. The van der Waals surface area contributed by atoms with Gasteiger partial charge in [-0.15, -0.1) is 0 Å². The second kappa shape index (κ2) is 6.53. The number of imidazole rings is 1. The Balaban J connectivity index is 2.24. The van der Waals surface area contributed by atoms with E-state index in [1.807, 2.05) is 35.8 Å². The Kier molecular flexibility index (Phi) is 4.98. The molecule has 108 valence electrons. The van der Waals surface area contributed by atoms with Gasteiger partial charge in [-0.3, -0.25) is 14.1 Å². The van der Waals surface area contributed by atoms with Crippen molar-refractivity contribution in [2.75, 3.05) is 26.8 Å². The average molecular weight is 386 g/mol. The summed E-state index contributed by atoms with van der Waals surface area (Å²) in [5.74, 6) is -0.0370. The minimum Gasteiger partial charge on any atom is -0.327 e. The predicted molar refractivity (Wildman–Crippen MR) is 87.8 cm³/mol. The fourth-order valence-corrected chi connectivity index (χ4v) is 2.83. The number of nitrogens with zero attached hydrogens (tertiary/aromatic N) is 4. The van der Waals surface area contributed by atoms with E-state index >= 15 is 0 Å². The van der Waals surface area contributed by atoms with E-state index in [9.17, 15) is 4.79 Å². The van der Waals surface area contributed by atoms with Crippen LogP contribution in [0.4, 0.5) is 0 Å². The van der Waals surface area contributed by atoms with Crippen molar-refractivity contribution in [2.45, 2.75) is 13.8 Å². The topological polar surface area (TPSA) is 40.8 Å². The highest BCUT2D eigenvalue weighted by atomic mass is 127. The summed E-state index contributed by atoms with van der Waals surface area (Å²) in [5, 5.41) is 0. The van der Waals surface area contributed by atoms with Crippen molar-refractivity contribution >= 4 is 34.1 Å². The van der Waals surface area contributed by atoms with E-state index in [0.717, 1.165) is 22.4 Å². The largest absolute Gasteiger partial charge is 0.327 e. The minimum atomic E-state index is -0.0370. The molecular formula is C14H19IN4O. The smallest absolute Gasteiger partial charge is 0.276 e. The molecule has 0 atom stereocenters. The predicted octanol–water partition coefficient (Wildman–Crippen LogP) is 2.31. The van der Waals surface area contributed by atoms with Crippen LogP contribution in [0.5, 0.6) is 0 Å². The van der Waals surface area contributed by atoms with Crippen LogP contribution in [-0.4, -0.2) is 51.9 Å². The molecule has 2 rings (SSSR count). The third-order valence-corrected chi connectivity index (χ3v) is 4.36. The van der Waals surface area contributed by atoms with Crippen molar-refractivity contribution in [1.29, 1.82) is 0 Å². The van der Waals surface area contributed by atoms with Gasteiger partial charge in [0.15, 0.2) is 5.69 Å². The maximum Gasteiger partial charge on any atom is 0.276 e. The lowest BCUT2D eigenvalue weighted by Gasteiger charge is -2.25. The first-order chi connectivity index (χ1) is 9.58. The van der Waals surface area contributed by atoms with Crippen LogP contribution in [0.15, 0.2) is 24.4 Å². The van der Waals surface area contributed by atoms with Crippen LogP contribution in [0, 0.1) is 3.70 Å². The molecule has 20 heavy (non-hydrogen) atoms. The van der Waals surface area contributed by atoms with Gasteiger partial charge in [-0.05, 0) is 47.8 Å². The number of hydrogen-bond donors (Lipinski definition) is 0. The Morgan fingerprint density at radius 2 is 2.05 bits per heavy atom. The maximum absolute atomic E-state index is 12.5. The normalized spacial score (nSPS) is 11.2. The summed E-state index contributed by atoms with van der Waals surface area (Å²) < 4.78 is 2.79. The molecule has 0 aliphatic carbocycles. The van der Waals surface area contributed by atoms with Crippen LogP contribution in [0.1, 0.15) is 24.3 Å². The van der Waals surface area contributed by atoms with E-state index in [0.29, 0.717) is 12.4 Å². The van der Waals surface area contributed by atoms with Crippen molar-refractivity contribution in [1.82, 2.24) is 19.2 Å². The van der Waals surface area contributed by atoms with Gasteiger partial charge in [0.2, 0.25) is 0 Å². The van der Waals surface area contributed by atoms with Crippen LogP contribution in [0.3, 0.4) is 0 Å². The zero-order valence-electron chi connectivity index (χ0n) is 12.0. The molecule has 0 aromatic carbocycles. The molecular weight excluding hydrogens is 367 g/mol. The first-order valence-corrected chi connectivity index (χ1v) is 7.76. The quantitative estimate of drug-likeness (QED) is 0.585. The highest BCUT2D eigenvalue weighted by Gasteiger charge is 2.21. The van der Waals surface area contributed by atoms with Crippen LogP contribution in [-0.2, 0) is 0 Å². The lowest BCUT2D eigenvalue weighted by molar-refractivity contribution is 0.0690. The van der Waals surface area contributed by atoms with Gasteiger partial charge in [-0.25, -0.2) is 4.98 Å². The Hall–Kier alpha value is -1.15. The van der Waals surface area contributed by atoms with Crippen LogP contribution < -0.4 is 0 Å². The molecule has 2 aromatic heterocycles. The Bertz CT molecular complexity index is 606. The Morgan fingerprint density at radius 1 is 1.35 bits per heavy atom. The first-order valence-electron chi connectivity index (χ1n) is 6.68. The molecule has 2 aromatic rings. The number of carbonyl (C=O) groups excluding carboxylic acids is 1. The van der Waals surface area contributed by atoms with E-state index in [-0.39, 0.29) is 5.91 Å². The molecule has 2 heterocycles. The highest BCUT2D eigenvalue weighted by molar-refractivity contribution is 14.1. The molecule has 5 nitrogen and oxygen atoms in total. The minimum absolute atomic E-state index is 0.0370. The molecule has 1 amide bonds. The molecule has 0 saturated heterocycles. The monoisotopic (exact) mass is 386 g/mol. The lowest BCUT2D eigenvalue weighted by atomic mass is 10.4. The number of aromatic nitrogens is 2. The fraction of sp³-hybridized carbons (Fsp3) is 0.429. The Labute approximate surface area is 132 Å². The van der Waals surface area contributed by atoms with Crippen molar-refractivity contribution in [3.8, 4) is 0 Å². The van der Waals surface area contributed by atoms with Crippen LogP contribution >= 0.6 is 22.6 Å². The number of hydrogen-bond acceptors (Lipinski definition) is 3. The first kappa shape index (κ1) is 15.2. The van der Waals surface area contributed by atoms with Gasteiger partial charge in [0.05, 0.1) is 6.67 Å². The number of amides is 1. The van der Waals surface area contributed by atoms with Crippen LogP contribution in [0.2, 0.25) is 0 Å². The number of carbonyl (C=O) groups is 1. The summed E-state index contributed by atoms with van der Waals surface area (Å²) in [5.41, 5.74) is 1.32. The highest BCUT2D eigenvalue weighted by Crippen LogP contribution is 2.16. The Morgan fingerprint density at radius 3 is 2.65 bits per heavy atom. The van der Waals surface area contributed by atoms with Crippen molar-refractivity contribution < 1.29 is 4.79 Å². The summed E-state index contributed by atoms with van der Waals surface area (Å²) in [6, 6.07) is 5.76. The van der Waals surface area contributed by atoms with Gasteiger partial charge in [-0.2, -0.15) is 0 Å². The van der Waals surface area contributed by atoms with Crippen molar-refractivity contribution in [3.63, 3.8) is 0 Å². The second-order valence-corrected chi connectivity index (χ2v) is 5.65. The molecule has 0 unspecified atom stereocenters. The van der Waals surface area contributed by atoms with Crippen molar-refractivity contribution in [3.05, 3.63) is 33.8 Å². The van der Waals surface area contributed by atoms with Gasteiger partial charge in [0.1, 0.15) is 9.35 Å². The molecule has 0 aliphatic rings. The van der Waals surface area contributed by atoms with Crippen molar-refractivity contribution in [2.24, 2.45) is 0 Å². The fourth-order valence-electron chi connectivity index (χ4n) is 2.07. The van der Waals surface area contributed by atoms with E-state index < -0.39 is 0 Å². The molecule has 0 N–H and O–H groups in total.